The molecule has 2 aromatic carbocycles. The molecule has 0 unspecified atom stereocenters. The lowest BCUT2D eigenvalue weighted by Gasteiger charge is -2.23. The van der Waals surface area contributed by atoms with Gasteiger partial charge in [-0.15, -0.1) is 0 Å². The summed E-state index contributed by atoms with van der Waals surface area (Å²) in [6, 6.07) is 13.5. The maximum atomic E-state index is 12.3. The molecule has 0 aliphatic heterocycles. The molecule has 2 aromatic rings. The van der Waals surface area contributed by atoms with Crippen molar-refractivity contribution in [3.8, 4) is 17.2 Å². The molecule has 3 rings (SSSR count). The molecule has 5 nitrogen and oxygen atoms in total. The first-order valence-electron chi connectivity index (χ1n) is 9.91. The zero-order valence-electron chi connectivity index (χ0n) is 16.7. The quantitative estimate of drug-likeness (QED) is 0.739. The smallest absolute Gasteiger partial charge is 0.224 e. The van der Waals surface area contributed by atoms with Crippen LogP contribution in [-0.4, -0.2) is 26.2 Å². The molecule has 5 heteroatoms. The summed E-state index contributed by atoms with van der Waals surface area (Å²) >= 11 is 0. The number of carbonyl (C=O) groups excluding carboxylic acids is 1. The number of benzene rings is 2. The summed E-state index contributed by atoms with van der Waals surface area (Å²) < 4.78 is 16.6. The fourth-order valence-electron chi connectivity index (χ4n) is 3.54. The van der Waals surface area contributed by atoms with Crippen LogP contribution in [0.2, 0.25) is 0 Å². The van der Waals surface area contributed by atoms with E-state index >= 15 is 0 Å². The van der Waals surface area contributed by atoms with Crippen LogP contribution in [0, 0.1) is 0 Å². The van der Waals surface area contributed by atoms with Gasteiger partial charge in [0, 0.05) is 6.54 Å². The second-order valence-electron chi connectivity index (χ2n) is 7.17. The third-order valence-corrected chi connectivity index (χ3v) is 5.06. The lowest BCUT2D eigenvalue weighted by molar-refractivity contribution is -0.120. The number of nitrogens with one attached hydrogen (secondary N) is 1. The lowest BCUT2D eigenvalue weighted by atomic mass is 9.98. The standard InChI is InChI=1S/C23H29NO4/c1-26-21-12-11-17(14-22(21)27-2)15-23(25)24-16-18-7-6-10-20(13-18)28-19-8-4-3-5-9-19/h6-7,10-14,19H,3-5,8-9,15-16H2,1-2H3,(H,24,25). The van der Waals surface area contributed by atoms with Gasteiger partial charge in [0.25, 0.3) is 0 Å². The summed E-state index contributed by atoms with van der Waals surface area (Å²) in [6.45, 7) is 0.480. The molecule has 1 aliphatic carbocycles. The Kier molecular flexibility index (Phi) is 7.18. The molecule has 1 N–H and O–H groups in total. The maximum absolute atomic E-state index is 12.3. The third kappa shape index (κ3) is 5.65. The van der Waals surface area contributed by atoms with E-state index in [0.717, 1.165) is 29.7 Å². The molecule has 0 spiro atoms. The zero-order valence-corrected chi connectivity index (χ0v) is 16.7. The van der Waals surface area contributed by atoms with Gasteiger partial charge >= 0.3 is 0 Å². The normalized spacial score (nSPS) is 14.4. The van der Waals surface area contributed by atoms with E-state index in [9.17, 15) is 4.79 Å². The number of rotatable bonds is 8. The first-order chi connectivity index (χ1) is 13.7. The third-order valence-electron chi connectivity index (χ3n) is 5.06. The summed E-state index contributed by atoms with van der Waals surface area (Å²) in [6.07, 6.45) is 6.68. The van der Waals surface area contributed by atoms with Gasteiger partial charge in [-0.3, -0.25) is 4.79 Å². The van der Waals surface area contributed by atoms with Crippen molar-refractivity contribution in [2.24, 2.45) is 0 Å². The summed E-state index contributed by atoms with van der Waals surface area (Å²) in [5.41, 5.74) is 1.92. The summed E-state index contributed by atoms with van der Waals surface area (Å²) in [5, 5.41) is 2.98. The molecular weight excluding hydrogens is 354 g/mol. The molecule has 0 heterocycles. The fourth-order valence-corrected chi connectivity index (χ4v) is 3.54. The van der Waals surface area contributed by atoms with Gasteiger partial charge in [-0.05, 0) is 61.1 Å². The number of methoxy groups -OCH3 is 2. The summed E-state index contributed by atoms with van der Waals surface area (Å²) in [4.78, 5) is 12.3. The number of amides is 1. The molecule has 0 aromatic heterocycles. The highest BCUT2D eigenvalue weighted by atomic mass is 16.5. The average molecular weight is 383 g/mol. The van der Waals surface area contributed by atoms with Crippen LogP contribution in [-0.2, 0) is 17.8 Å². The molecule has 150 valence electrons. The number of carbonyl (C=O) groups is 1. The Morgan fingerprint density at radius 1 is 0.964 bits per heavy atom. The monoisotopic (exact) mass is 383 g/mol. The van der Waals surface area contributed by atoms with E-state index in [1.807, 2.05) is 42.5 Å². The maximum Gasteiger partial charge on any atom is 0.224 e. The first kappa shape index (κ1) is 20.1. The molecular formula is C23H29NO4. The van der Waals surface area contributed by atoms with Gasteiger partial charge in [0.05, 0.1) is 26.7 Å². The van der Waals surface area contributed by atoms with Crippen molar-refractivity contribution >= 4 is 5.91 Å². The van der Waals surface area contributed by atoms with E-state index in [4.69, 9.17) is 14.2 Å². The van der Waals surface area contributed by atoms with Crippen LogP contribution in [0.25, 0.3) is 0 Å². The Morgan fingerprint density at radius 3 is 2.50 bits per heavy atom. The highest BCUT2D eigenvalue weighted by Gasteiger charge is 2.15. The number of ether oxygens (including phenoxy) is 3. The molecule has 0 atom stereocenters. The molecule has 28 heavy (non-hydrogen) atoms. The van der Waals surface area contributed by atoms with E-state index in [2.05, 4.69) is 5.32 Å². The molecule has 1 fully saturated rings. The van der Waals surface area contributed by atoms with Crippen molar-refractivity contribution in [1.82, 2.24) is 5.32 Å². The van der Waals surface area contributed by atoms with Crippen molar-refractivity contribution < 1.29 is 19.0 Å². The van der Waals surface area contributed by atoms with Gasteiger partial charge in [0.1, 0.15) is 5.75 Å². The van der Waals surface area contributed by atoms with Crippen molar-refractivity contribution in [1.29, 1.82) is 0 Å². The van der Waals surface area contributed by atoms with Crippen LogP contribution in [0.3, 0.4) is 0 Å². The average Bonchev–Trinajstić information content (AvgIpc) is 2.73. The lowest BCUT2D eigenvalue weighted by Crippen LogP contribution is -2.24. The van der Waals surface area contributed by atoms with Crippen molar-refractivity contribution in [2.45, 2.75) is 51.2 Å². The van der Waals surface area contributed by atoms with Gasteiger partial charge in [0.2, 0.25) is 5.91 Å². The molecule has 0 bridgehead atoms. The molecule has 1 saturated carbocycles. The second-order valence-corrected chi connectivity index (χ2v) is 7.17. The Bertz CT molecular complexity index is 784. The van der Waals surface area contributed by atoms with E-state index in [-0.39, 0.29) is 5.91 Å². The zero-order chi connectivity index (χ0) is 19.8. The minimum Gasteiger partial charge on any atom is -0.493 e. The van der Waals surface area contributed by atoms with Gasteiger partial charge < -0.3 is 19.5 Å². The predicted molar refractivity (Wildman–Crippen MR) is 109 cm³/mol. The van der Waals surface area contributed by atoms with E-state index < -0.39 is 0 Å². The van der Waals surface area contributed by atoms with Gasteiger partial charge in [0.15, 0.2) is 11.5 Å². The number of hydrogen-bond acceptors (Lipinski definition) is 4. The number of hydrogen-bond donors (Lipinski definition) is 1. The van der Waals surface area contributed by atoms with Crippen molar-refractivity contribution in [3.63, 3.8) is 0 Å². The minimum absolute atomic E-state index is 0.0363. The fraction of sp³-hybridized carbons (Fsp3) is 0.435. The van der Waals surface area contributed by atoms with Crippen LogP contribution in [0.5, 0.6) is 17.2 Å². The highest BCUT2D eigenvalue weighted by Crippen LogP contribution is 2.28. The first-order valence-corrected chi connectivity index (χ1v) is 9.91. The Hall–Kier alpha value is -2.69. The van der Waals surface area contributed by atoms with E-state index in [0.29, 0.717) is 30.6 Å². The van der Waals surface area contributed by atoms with Gasteiger partial charge in [-0.2, -0.15) is 0 Å². The van der Waals surface area contributed by atoms with Crippen molar-refractivity contribution in [2.75, 3.05) is 14.2 Å². The molecule has 0 radical (unpaired) electrons. The summed E-state index contributed by atoms with van der Waals surface area (Å²) in [5.74, 6) is 2.13. The van der Waals surface area contributed by atoms with E-state index in [1.165, 1.54) is 19.3 Å². The minimum atomic E-state index is -0.0363. The second kappa shape index (κ2) is 10.0. The molecule has 0 saturated heterocycles. The Balaban J connectivity index is 1.52. The van der Waals surface area contributed by atoms with Crippen LogP contribution in [0.1, 0.15) is 43.2 Å². The van der Waals surface area contributed by atoms with Crippen LogP contribution in [0.15, 0.2) is 42.5 Å². The topological polar surface area (TPSA) is 56.8 Å². The predicted octanol–water partition coefficient (Wildman–Crippen LogP) is 4.27. The largest absolute Gasteiger partial charge is 0.493 e. The van der Waals surface area contributed by atoms with E-state index in [1.54, 1.807) is 14.2 Å². The van der Waals surface area contributed by atoms with Gasteiger partial charge in [-0.25, -0.2) is 0 Å². The Labute approximate surface area is 167 Å². The SMILES string of the molecule is COc1ccc(CC(=O)NCc2cccc(OC3CCCCC3)c2)cc1OC. The van der Waals surface area contributed by atoms with Crippen molar-refractivity contribution in [3.05, 3.63) is 53.6 Å². The Morgan fingerprint density at radius 2 is 1.75 bits per heavy atom. The molecule has 1 aliphatic rings. The van der Waals surface area contributed by atoms with Crippen LogP contribution >= 0.6 is 0 Å². The highest BCUT2D eigenvalue weighted by molar-refractivity contribution is 5.78. The van der Waals surface area contributed by atoms with Gasteiger partial charge in [-0.1, -0.05) is 24.6 Å². The van der Waals surface area contributed by atoms with Crippen LogP contribution < -0.4 is 19.5 Å². The summed E-state index contributed by atoms with van der Waals surface area (Å²) in [7, 11) is 3.18. The molecule has 1 amide bonds. The van der Waals surface area contributed by atoms with Crippen LogP contribution in [0.4, 0.5) is 0 Å².